The summed E-state index contributed by atoms with van der Waals surface area (Å²) in [4.78, 5) is -0.402. The number of rotatable bonds is 11. The van der Waals surface area contributed by atoms with Gasteiger partial charge in [-0.05, 0) is 44.0 Å². The number of hydrogen-bond donors (Lipinski definition) is 3. The quantitative estimate of drug-likeness (QED) is 0.472. The Labute approximate surface area is 171 Å². The highest BCUT2D eigenvalue weighted by atomic mass is 32.2. The van der Waals surface area contributed by atoms with Crippen molar-refractivity contribution in [1.82, 2.24) is 5.32 Å². The third kappa shape index (κ3) is 6.25. The maximum absolute atomic E-state index is 11.8. The van der Waals surface area contributed by atoms with Crippen molar-refractivity contribution in [2.45, 2.75) is 31.2 Å². The van der Waals surface area contributed by atoms with Gasteiger partial charge in [-0.15, -0.1) is 0 Å². The second kappa shape index (κ2) is 10.3. The van der Waals surface area contributed by atoms with Crippen molar-refractivity contribution in [3.05, 3.63) is 42.0 Å². The molecule has 8 nitrogen and oxygen atoms in total. The zero-order chi connectivity index (χ0) is 21.4. The first-order valence-corrected chi connectivity index (χ1v) is 10.8. The van der Waals surface area contributed by atoms with Gasteiger partial charge in [-0.1, -0.05) is 18.2 Å². The fraction of sp³-hybridized carbons (Fsp3) is 0.400. The van der Waals surface area contributed by atoms with Gasteiger partial charge in [0.25, 0.3) is 0 Å². The van der Waals surface area contributed by atoms with Crippen LogP contribution in [0.4, 0.5) is 0 Å². The van der Waals surface area contributed by atoms with Crippen LogP contribution in [0.2, 0.25) is 0 Å². The number of ether oxygens (including phenoxy) is 3. The molecule has 0 saturated heterocycles. The predicted octanol–water partition coefficient (Wildman–Crippen LogP) is 2.05. The number of methoxy groups -OCH3 is 1. The molecule has 0 aliphatic heterocycles. The molecule has 0 aromatic heterocycles. The Morgan fingerprint density at radius 2 is 1.76 bits per heavy atom. The highest BCUT2D eigenvalue weighted by Crippen LogP contribution is 2.35. The molecule has 0 saturated carbocycles. The standard InChI is InChI=1S/C20H28N2O6S/c1-4-27-16-7-5-6-8-17(16)28-12-11-22-14(2)13-15-9-10-18(26-3)20(19(15)23)29(21,24)25/h5-10,14,22-23H,4,11-13H2,1-3H3,(H2,21,24,25)/t14-/m1/s1. The summed E-state index contributed by atoms with van der Waals surface area (Å²) >= 11 is 0. The molecule has 0 spiro atoms. The van der Waals surface area contributed by atoms with E-state index in [-0.39, 0.29) is 17.5 Å². The van der Waals surface area contributed by atoms with E-state index < -0.39 is 14.9 Å². The lowest BCUT2D eigenvalue weighted by molar-refractivity contribution is 0.272. The smallest absolute Gasteiger partial charge is 0.245 e. The first-order valence-electron chi connectivity index (χ1n) is 9.27. The first-order chi connectivity index (χ1) is 13.8. The number of sulfonamides is 1. The number of nitrogens with two attached hydrogens (primary N) is 1. The van der Waals surface area contributed by atoms with Crippen LogP contribution in [0.1, 0.15) is 19.4 Å². The van der Waals surface area contributed by atoms with Gasteiger partial charge in [0.2, 0.25) is 10.0 Å². The Bertz CT molecular complexity index is 917. The molecule has 2 aromatic carbocycles. The average molecular weight is 425 g/mol. The Balaban J connectivity index is 1.94. The Morgan fingerprint density at radius 3 is 2.34 bits per heavy atom. The zero-order valence-corrected chi connectivity index (χ0v) is 17.7. The number of hydrogen-bond acceptors (Lipinski definition) is 7. The van der Waals surface area contributed by atoms with Crippen molar-refractivity contribution in [3.8, 4) is 23.0 Å². The van der Waals surface area contributed by atoms with E-state index in [1.54, 1.807) is 6.07 Å². The summed E-state index contributed by atoms with van der Waals surface area (Å²) in [5, 5.41) is 18.9. The average Bonchev–Trinajstić information content (AvgIpc) is 2.67. The maximum atomic E-state index is 11.8. The largest absolute Gasteiger partial charge is 0.506 e. The number of phenolic OH excluding ortho intramolecular Hbond substituents is 1. The van der Waals surface area contributed by atoms with E-state index in [9.17, 15) is 13.5 Å². The van der Waals surface area contributed by atoms with Crippen LogP contribution in [0, 0.1) is 0 Å². The van der Waals surface area contributed by atoms with Crippen molar-refractivity contribution in [2.75, 3.05) is 26.9 Å². The van der Waals surface area contributed by atoms with E-state index in [0.29, 0.717) is 43.2 Å². The molecule has 0 unspecified atom stereocenters. The SMILES string of the molecule is CCOc1ccccc1OCCN[C@H](C)Cc1ccc(OC)c(S(N)(=O)=O)c1O. The van der Waals surface area contributed by atoms with Gasteiger partial charge in [0.1, 0.15) is 18.1 Å². The highest BCUT2D eigenvalue weighted by Gasteiger charge is 2.23. The number of aromatic hydroxyl groups is 1. The lowest BCUT2D eigenvalue weighted by Crippen LogP contribution is -2.32. The van der Waals surface area contributed by atoms with Crippen LogP contribution < -0.4 is 24.7 Å². The molecule has 0 aliphatic rings. The number of para-hydroxylation sites is 2. The monoisotopic (exact) mass is 424 g/mol. The molecule has 0 amide bonds. The molecule has 1 atom stereocenters. The molecule has 2 aromatic rings. The Morgan fingerprint density at radius 1 is 1.10 bits per heavy atom. The van der Waals surface area contributed by atoms with E-state index in [2.05, 4.69) is 5.32 Å². The molecule has 4 N–H and O–H groups in total. The number of benzene rings is 2. The molecule has 2 rings (SSSR count). The fourth-order valence-corrected chi connectivity index (χ4v) is 3.74. The van der Waals surface area contributed by atoms with Gasteiger partial charge < -0.3 is 24.6 Å². The summed E-state index contributed by atoms with van der Waals surface area (Å²) in [6.45, 7) is 5.37. The zero-order valence-electron chi connectivity index (χ0n) is 16.8. The van der Waals surface area contributed by atoms with E-state index in [0.717, 1.165) is 0 Å². The number of phenols is 1. The molecule has 9 heteroatoms. The summed E-state index contributed by atoms with van der Waals surface area (Å²) in [5.41, 5.74) is 0.456. The molecule has 0 aliphatic carbocycles. The number of primary sulfonamides is 1. The number of nitrogens with one attached hydrogen (secondary N) is 1. The van der Waals surface area contributed by atoms with Gasteiger partial charge in [-0.2, -0.15) is 0 Å². The van der Waals surface area contributed by atoms with Crippen LogP contribution in [-0.4, -0.2) is 46.4 Å². The highest BCUT2D eigenvalue weighted by molar-refractivity contribution is 7.89. The Hall–Kier alpha value is -2.49. The summed E-state index contributed by atoms with van der Waals surface area (Å²) < 4.78 is 39.9. The van der Waals surface area contributed by atoms with Crippen LogP contribution in [0.5, 0.6) is 23.0 Å². The summed E-state index contributed by atoms with van der Waals surface area (Å²) in [5.74, 6) is 0.995. The van der Waals surface area contributed by atoms with Crippen molar-refractivity contribution >= 4 is 10.0 Å². The van der Waals surface area contributed by atoms with Gasteiger partial charge in [0, 0.05) is 12.6 Å². The molecule has 0 radical (unpaired) electrons. The first kappa shape index (κ1) is 22.8. The van der Waals surface area contributed by atoms with E-state index in [4.69, 9.17) is 19.3 Å². The van der Waals surface area contributed by atoms with E-state index in [1.807, 2.05) is 38.1 Å². The summed E-state index contributed by atoms with van der Waals surface area (Å²) in [7, 11) is -2.81. The summed E-state index contributed by atoms with van der Waals surface area (Å²) in [6.07, 6.45) is 0.397. The minimum atomic E-state index is -4.12. The molecule has 29 heavy (non-hydrogen) atoms. The topological polar surface area (TPSA) is 120 Å². The minimum Gasteiger partial charge on any atom is -0.506 e. The normalized spacial score (nSPS) is 12.4. The fourth-order valence-electron chi connectivity index (χ4n) is 2.91. The summed E-state index contributed by atoms with van der Waals surface area (Å²) in [6, 6.07) is 10.5. The molecule has 0 heterocycles. The van der Waals surface area contributed by atoms with Crippen molar-refractivity contribution in [3.63, 3.8) is 0 Å². The molecule has 0 fully saturated rings. The molecule has 0 bridgehead atoms. The van der Waals surface area contributed by atoms with Gasteiger partial charge in [-0.3, -0.25) is 0 Å². The predicted molar refractivity (Wildman–Crippen MR) is 110 cm³/mol. The van der Waals surface area contributed by atoms with Crippen LogP contribution >= 0.6 is 0 Å². The maximum Gasteiger partial charge on any atom is 0.245 e. The van der Waals surface area contributed by atoms with Gasteiger partial charge >= 0.3 is 0 Å². The van der Waals surface area contributed by atoms with Crippen LogP contribution in [0.15, 0.2) is 41.3 Å². The third-order valence-corrected chi connectivity index (χ3v) is 5.17. The molecule has 160 valence electrons. The molecular formula is C20H28N2O6S. The van der Waals surface area contributed by atoms with Crippen LogP contribution in [0.25, 0.3) is 0 Å². The third-order valence-electron chi connectivity index (χ3n) is 4.21. The van der Waals surface area contributed by atoms with Gasteiger partial charge in [-0.25, -0.2) is 13.6 Å². The van der Waals surface area contributed by atoms with Crippen molar-refractivity contribution in [1.29, 1.82) is 0 Å². The lowest BCUT2D eigenvalue weighted by atomic mass is 10.1. The second-order valence-electron chi connectivity index (χ2n) is 6.44. The van der Waals surface area contributed by atoms with Crippen molar-refractivity contribution in [2.24, 2.45) is 5.14 Å². The van der Waals surface area contributed by atoms with E-state index >= 15 is 0 Å². The van der Waals surface area contributed by atoms with Gasteiger partial charge in [0.15, 0.2) is 16.4 Å². The Kier molecular flexibility index (Phi) is 8.12. The minimum absolute atomic E-state index is 0.00993. The van der Waals surface area contributed by atoms with Crippen LogP contribution in [-0.2, 0) is 16.4 Å². The second-order valence-corrected chi connectivity index (χ2v) is 7.94. The van der Waals surface area contributed by atoms with E-state index in [1.165, 1.54) is 13.2 Å². The van der Waals surface area contributed by atoms with Gasteiger partial charge in [0.05, 0.1) is 13.7 Å². The van der Waals surface area contributed by atoms with Crippen molar-refractivity contribution < 1.29 is 27.7 Å². The molecular weight excluding hydrogens is 396 g/mol. The lowest BCUT2D eigenvalue weighted by Gasteiger charge is -2.17. The van der Waals surface area contributed by atoms with Crippen LogP contribution in [0.3, 0.4) is 0 Å².